The molecule has 0 bridgehead atoms. The molecule has 2 rings (SSSR count). The van der Waals surface area contributed by atoms with Crippen LogP contribution in [-0.4, -0.2) is 38.4 Å². The van der Waals surface area contributed by atoms with Gasteiger partial charge in [-0.3, -0.25) is 10.9 Å². The van der Waals surface area contributed by atoms with E-state index < -0.39 is 0 Å². The molecule has 0 spiro atoms. The molecule has 1 fully saturated rings. The van der Waals surface area contributed by atoms with Crippen molar-refractivity contribution in [2.45, 2.75) is 18.6 Å². The molecule has 4 heteroatoms. The number of hydrogen-bond acceptors (Lipinski definition) is 4. The van der Waals surface area contributed by atoms with Crippen LogP contribution in [0.4, 0.5) is 0 Å². The van der Waals surface area contributed by atoms with Gasteiger partial charge in [0.15, 0.2) is 0 Å². The fraction of sp³-hybridized carbons (Fsp3) is 0.778. The van der Waals surface area contributed by atoms with E-state index >= 15 is 0 Å². The van der Waals surface area contributed by atoms with Gasteiger partial charge in [0, 0.05) is 19.6 Å². The van der Waals surface area contributed by atoms with Crippen LogP contribution in [0.15, 0.2) is 12.2 Å². The summed E-state index contributed by atoms with van der Waals surface area (Å²) in [5, 5.41) is 3.34. The standard InChI is InChI=1S/C9H17N3O/c1-2-4-11-12-8(3-1)9-7-10-5-6-13-9/h1-2,8-12H,3-7H2. The van der Waals surface area contributed by atoms with E-state index in [-0.39, 0.29) is 0 Å². The molecule has 2 unspecified atom stereocenters. The van der Waals surface area contributed by atoms with Crippen molar-refractivity contribution < 1.29 is 4.74 Å². The average molecular weight is 183 g/mol. The molecular weight excluding hydrogens is 166 g/mol. The van der Waals surface area contributed by atoms with Gasteiger partial charge in [-0.05, 0) is 6.42 Å². The minimum Gasteiger partial charge on any atom is -0.374 e. The number of rotatable bonds is 1. The predicted octanol–water partition coefficient (Wildman–Crippen LogP) is -0.602. The lowest BCUT2D eigenvalue weighted by molar-refractivity contribution is 0.00252. The van der Waals surface area contributed by atoms with Crippen LogP contribution in [0.3, 0.4) is 0 Å². The fourth-order valence-electron chi connectivity index (χ4n) is 1.72. The second-order valence-electron chi connectivity index (χ2n) is 3.45. The van der Waals surface area contributed by atoms with Crippen molar-refractivity contribution in [2.75, 3.05) is 26.2 Å². The third-order valence-corrected chi connectivity index (χ3v) is 2.47. The Morgan fingerprint density at radius 2 is 2.31 bits per heavy atom. The van der Waals surface area contributed by atoms with Crippen molar-refractivity contribution in [1.29, 1.82) is 0 Å². The van der Waals surface area contributed by atoms with Crippen molar-refractivity contribution in [3.05, 3.63) is 12.2 Å². The van der Waals surface area contributed by atoms with E-state index in [1.54, 1.807) is 0 Å². The molecule has 0 saturated carbocycles. The summed E-state index contributed by atoms with van der Waals surface area (Å²) in [7, 11) is 0. The van der Waals surface area contributed by atoms with E-state index in [4.69, 9.17) is 4.74 Å². The van der Waals surface area contributed by atoms with E-state index in [0.29, 0.717) is 12.1 Å². The lowest BCUT2D eigenvalue weighted by atomic mass is 10.1. The average Bonchev–Trinajstić information content (AvgIpc) is 2.47. The summed E-state index contributed by atoms with van der Waals surface area (Å²) < 4.78 is 5.67. The summed E-state index contributed by atoms with van der Waals surface area (Å²) in [6.45, 7) is 3.66. The molecule has 0 amide bonds. The number of hydrazine groups is 1. The Hall–Kier alpha value is -0.420. The Bertz CT molecular complexity index is 178. The molecule has 2 aliphatic heterocycles. The quantitative estimate of drug-likeness (QED) is 0.475. The smallest absolute Gasteiger partial charge is 0.0869 e. The predicted molar refractivity (Wildman–Crippen MR) is 51.3 cm³/mol. The van der Waals surface area contributed by atoms with Crippen LogP contribution in [0.25, 0.3) is 0 Å². The van der Waals surface area contributed by atoms with E-state index in [1.165, 1.54) is 0 Å². The molecule has 3 N–H and O–H groups in total. The summed E-state index contributed by atoms with van der Waals surface area (Å²) in [6, 6.07) is 0.395. The molecule has 74 valence electrons. The summed E-state index contributed by atoms with van der Waals surface area (Å²) in [5.41, 5.74) is 6.42. The van der Waals surface area contributed by atoms with Gasteiger partial charge in [-0.15, -0.1) is 0 Å². The Labute approximate surface area is 78.7 Å². The first-order valence-corrected chi connectivity index (χ1v) is 4.92. The third kappa shape index (κ3) is 2.51. The molecular formula is C9H17N3O. The fourth-order valence-corrected chi connectivity index (χ4v) is 1.72. The lowest BCUT2D eigenvalue weighted by Gasteiger charge is -2.30. The minimum atomic E-state index is 0.295. The monoisotopic (exact) mass is 183 g/mol. The highest BCUT2D eigenvalue weighted by molar-refractivity contribution is 4.94. The molecule has 2 aliphatic rings. The van der Waals surface area contributed by atoms with Gasteiger partial charge in [0.05, 0.1) is 18.8 Å². The molecule has 2 heterocycles. The molecule has 13 heavy (non-hydrogen) atoms. The second kappa shape index (κ2) is 4.72. The zero-order valence-corrected chi connectivity index (χ0v) is 7.75. The normalized spacial score (nSPS) is 35.7. The van der Waals surface area contributed by atoms with Crippen LogP contribution in [0.1, 0.15) is 6.42 Å². The largest absolute Gasteiger partial charge is 0.374 e. The molecule has 1 saturated heterocycles. The molecule has 0 aliphatic carbocycles. The van der Waals surface area contributed by atoms with Crippen LogP contribution in [0.2, 0.25) is 0 Å². The number of ether oxygens (including phenoxy) is 1. The van der Waals surface area contributed by atoms with Gasteiger partial charge >= 0.3 is 0 Å². The van der Waals surface area contributed by atoms with E-state index in [0.717, 1.165) is 32.7 Å². The van der Waals surface area contributed by atoms with Crippen LogP contribution in [-0.2, 0) is 4.74 Å². The van der Waals surface area contributed by atoms with Crippen molar-refractivity contribution in [2.24, 2.45) is 0 Å². The molecule has 0 aromatic heterocycles. The summed E-state index contributed by atoms with van der Waals surface area (Å²) >= 11 is 0. The number of nitrogens with one attached hydrogen (secondary N) is 3. The topological polar surface area (TPSA) is 45.3 Å². The summed E-state index contributed by atoms with van der Waals surface area (Å²) in [4.78, 5) is 0. The zero-order chi connectivity index (χ0) is 8.93. The minimum absolute atomic E-state index is 0.295. The highest BCUT2D eigenvalue weighted by Gasteiger charge is 2.23. The summed E-state index contributed by atoms with van der Waals surface area (Å²) in [5.74, 6) is 0. The maximum absolute atomic E-state index is 5.67. The maximum Gasteiger partial charge on any atom is 0.0869 e. The highest BCUT2D eigenvalue weighted by Crippen LogP contribution is 2.07. The number of hydrogen-bond donors (Lipinski definition) is 3. The van der Waals surface area contributed by atoms with Gasteiger partial charge in [-0.2, -0.15) is 0 Å². The molecule has 4 nitrogen and oxygen atoms in total. The van der Waals surface area contributed by atoms with Gasteiger partial charge in [0.1, 0.15) is 0 Å². The van der Waals surface area contributed by atoms with Gasteiger partial charge in [-0.1, -0.05) is 12.2 Å². The van der Waals surface area contributed by atoms with Crippen LogP contribution < -0.4 is 16.2 Å². The Morgan fingerprint density at radius 3 is 3.15 bits per heavy atom. The zero-order valence-electron chi connectivity index (χ0n) is 7.75. The first-order chi connectivity index (χ1) is 6.47. The van der Waals surface area contributed by atoms with Crippen molar-refractivity contribution in [3.8, 4) is 0 Å². The van der Waals surface area contributed by atoms with E-state index in [9.17, 15) is 0 Å². The van der Waals surface area contributed by atoms with Crippen LogP contribution in [0, 0.1) is 0 Å². The van der Waals surface area contributed by atoms with E-state index in [2.05, 4.69) is 28.3 Å². The Kier molecular flexibility index (Phi) is 3.32. The number of morpholine rings is 1. The second-order valence-corrected chi connectivity index (χ2v) is 3.45. The SMILES string of the molecule is C1=CCC(C2CNCCO2)NNC1. The Morgan fingerprint density at radius 1 is 1.31 bits per heavy atom. The Balaban J connectivity index is 1.86. The molecule has 2 atom stereocenters. The van der Waals surface area contributed by atoms with Gasteiger partial charge in [0.25, 0.3) is 0 Å². The van der Waals surface area contributed by atoms with Crippen molar-refractivity contribution >= 4 is 0 Å². The lowest BCUT2D eigenvalue weighted by Crippen LogP contribution is -2.53. The van der Waals surface area contributed by atoms with Gasteiger partial charge in [-0.25, -0.2) is 0 Å². The molecule has 0 aromatic rings. The first kappa shape index (κ1) is 9.15. The van der Waals surface area contributed by atoms with E-state index in [1.807, 2.05) is 0 Å². The van der Waals surface area contributed by atoms with Gasteiger partial charge < -0.3 is 10.1 Å². The van der Waals surface area contributed by atoms with Crippen LogP contribution in [0.5, 0.6) is 0 Å². The molecule has 0 aromatic carbocycles. The van der Waals surface area contributed by atoms with Crippen molar-refractivity contribution in [3.63, 3.8) is 0 Å². The third-order valence-electron chi connectivity index (χ3n) is 2.47. The first-order valence-electron chi connectivity index (χ1n) is 4.92. The summed E-state index contributed by atoms with van der Waals surface area (Å²) in [6.07, 6.45) is 5.68. The van der Waals surface area contributed by atoms with Gasteiger partial charge in [0.2, 0.25) is 0 Å². The highest BCUT2D eigenvalue weighted by atomic mass is 16.5. The van der Waals surface area contributed by atoms with Crippen molar-refractivity contribution in [1.82, 2.24) is 16.2 Å². The molecule has 0 radical (unpaired) electrons. The van der Waals surface area contributed by atoms with Crippen LogP contribution >= 0.6 is 0 Å². The maximum atomic E-state index is 5.67.